The Kier molecular flexibility index (Phi) is 4.51. The molecular formula is C34H36. The summed E-state index contributed by atoms with van der Waals surface area (Å²) in [5.41, 5.74) is 16.5. The van der Waals surface area contributed by atoms with Gasteiger partial charge in [-0.25, -0.2) is 0 Å². The van der Waals surface area contributed by atoms with Crippen LogP contribution in [0, 0.1) is 13.8 Å². The standard InChI is InChI=1S/C34H36/c1-20-8-14-24-26-16-17-27-25-15-9-21(2)19-29(25)34(6,7)32(27)31(26)30(28(24)18-20)22-10-12-23(13-11-22)33(3,4)5/h8-16,18-19,27,30H,17H2,1-7H3. The van der Waals surface area contributed by atoms with Crippen LogP contribution in [-0.2, 0) is 10.8 Å². The number of aryl methyl sites for hydroxylation is 2. The van der Waals surface area contributed by atoms with E-state index in [1.54, 1.807) is 16.7 Å². The lowest BCUT2D eigenvalue weighted by Crippen LogP contribution is -2.21. The summed E-state index contributed by atoms with van der Waals surface area (Å²) in [5.74, 6) is 0.804. The van der Waals surface area contributed by atoms with Crippen molar-refractivity contribution in [3.05, 3.63) is 122 Å². The molecule has 0 bridgehead atoms. The highest BCUT2D eigenvalue weighted by Crippen LogP contribution is 2.62. The molecule has 3 aliphatic rings. The number of benzene rings is 3. The molecule has 0 aromatic heterocycles. The van der Waals surface area contributed by atoms with Crippen LogP contribution in [0.25, 0.3) is 5.57 Å². The molecule has 0 saturated heterocycles. The number of allylic oxidation sites excluding steroid dienone is 4. The van der Waals surface area contributed by atoms with Gasteiger partial charge in [-0.2, -0.15) is 0 Å². The number of hydrogen-bond acceptors (Lipinski definition) is 0. The van der Waals surface area contributed by atoms with Gasteiger partial charge in [-0.05, 0) is 75.8 Å². The molecule has 0 nitrogen and oxygen atoms in total. The molecule has 0 heterocycles. The second kappa shape index (κ2) is 7.08. The highest BCUT2D eigenvalue weighted by Gasteiger charge is 2.48. The van der Waals surface area contributed by atoms with Gasteiger partial charge in [-0.1, -0.05) is 112 Å². The maximum absolute atomic E-state index is 2.55. The fourth-order valence-corrected chi connectivity index (χ4v) is 6.92. The van der Waals surface area contributed by atoms with E-state index in [9.17, 15) is 0 Å². The zero-order chi connectivity index (χ0) is 24.0. The third kappa shape index (κ3) is 2.97. The Morgan fingerprint density at radius 1 is 0.794 bits per heavy atom. The molecule has 0 heteroatoms. The average molecular weight is 445 g/mol. The minimum Gasteiger partial charge on any atom is -0.0754 e. The van der Waals surface area contributed by atoms with E-state index in [1.165, 1.54) is 44.5 Å². The van der Waals surface area contributed by atoms with Crippen molar-refractivity contribution in [1.29, 1.82) is 0 Å². The predicted molar refractivity (Wildman–Crippen MR) is 145 cm³/mol. The van der Waals surface area contributed by atoms with Gasteiger partial charge in [0.1, 0.15) is 0 Å². The Morgan fingerprint density at radius 2 is 1.47 bits per heavy atom. The van der Waals surface area contributed by atoms with Crippen LogP contribution >= 0.6 is 0 Å². The highest BCUT2D eigenvalue weighted by atomic mass is 14.5. The largest absolute Gasteiger partial charge is 0.0754 e. The van der Waals surface area contributed by atoms with Crippen molar-refractivity contribution in [3.8, 4) is 0 Å². The molecule has 2 atom stereocenters. The van der Waals surface area contributed by atoms with E-state index in [2.05, 4.69) is 115 Å². The van der Waals surface area contributed by atoms with E-state index in [0.717, 1.165) is 6.42 Å². The molecule has 0 saturated carbocycles. The van der Waals surface area contributed by atoms with Crippen molar-refractivity contribution in [1.82, 2.24) is 0 Å². The van der Waals surface area contributed by atoms with E-state index in [1.807, 2.05) is 0 Å². The Balaban J connectivity index is 1.62. The van der Waals surface area contributed by atoms with Gasteiger partial charge in [0.2, 0.25) is 0 Å². The van der Waals surface area contributed by atoms with Gasteiger partial charge < -0.3 is 0 Å². The maximum Gasteiger partial charge on any atom is 0.0352 e. The molecule has 0 N–H and O–H groups in total. The minimum atomic E-state index is 0.0432. The lowest BCUT2D eigenvalue weighted by molar-refractivity contribution is 0.589. The van der Waals surface area contributed by atoms with Gasteiger partial charge in [0, 0.05) is 17.3 Å². The second-order valence-electron chi connectivity index (χ2n) is 12.3. The van der Waals surface area contributed by atoms with E-state index < -0.39 is 0 Å². The normalized spacial score (nSPS) is 22.1. The zero-order valence-corrected chi connectivity index (χ0v) is 21.7. The third-order valence-corrected chi connectivity index (χ3v) is 8.62. The monoisotopic (exact) mass is 444 g/mol. The van der Waals surface area contributed by atoms with E-state index in [4.69, 9.17) is 0 Å². The molecule has 172 valence electrons. The fraction of sp³-hybridized carbons (Fsp3) is 0.353. The number of hydrogen-bond donors (Lipinski definition) is 0. The molecular weight excluding hydrogens is 408 g/mol. The van der Waals surface area contributed by atoms with Gasteiger partial charge in [-0.15, -0.1) is 0 Å². The molecule has 3 aromatic carbocycles. The van der Waals surface area contributed by atoms with Crippen LogP contribution < -0.4 is 0 Å². The van der Waals surface area contributed by atoms with Crippen LogP contribution in [0.2, 0.25) is 0 Å². The summed E-state index contributed by atoms with van der Waals surface area (Å²) in [5, 5.41) is 0. The topological polar surface area (TPSA) is 0 Å². The molecule has 34 heavy (non-hydrogen) atoms. The summed E-state index contributed by atoms with van der Waals surface area (Å²) < 4.78 is 0. The molecule has 0 radical (unpaired) electrons. The van der Waals surface area contributed by atoms with Crippen molar-refractivity contribution >= 4 is 5.57 Å². The fourth-order valence-electron chi connectivity index (χ4n) is 6.92. The SMILES string of the molecule is Cc1ccc2c(c1)C(c1ccc(C(C)(C)C)cc1)C1=C3C(CC=C12)c1ccc(C)cc1C3(C)C. The van der Waals surface area contributed by atoms with Crippen molar-refractivity contribution in [2.45, 2.75) is 77.6 Å². The van der Waals surface area contributed by atoms with Gasteiger partial charge in [0.05, 0.1) is 0 Å². The molecule has 2 unspecified atom stereocenters. The minimum absolute atomic E-state index is 0.0432. The van der Waals surface area contributed by atoms with Gasteiger partial charge in [0.15, 0.2) is 0 Å². The van der Waals surface area contributed by atoms with Crippen molar-refractivity contribution < 1.29 is 0 Å². The van der Waals surface area contributed by atoms with Gasteiger partial charge >= 0.3 is 0 Å². The summed E-state index contributed by atoms with van der Waals surface area (Å²) in [6, 6.07) is 23.8. The summed E-state index contributed by atoms with van der Waals surface area (Å²) in [4.78, 5) is 0. The summed E-state index contributed by atoms with van der Waals surface area (Å²) in [6.45, 7) is 16.3. The average Bonchev–Trinajstić information content (AvgIpc) is 3.22. The molecule has 0 aliphatic heterocycles. The van der Waals surface area contributed by atoms with E-state index in [0.29, 0.717) is 11.8 Å². The van der Waals surface area contributed by atoms with Crippen molar-refractivity contribution in [3.63, 3.8) is 0 Å². The van der Waals surface area contributed by atoms with Crippen molar-refractivity contribution in [2.24, 2.45) is 0 Å². The number of fused-ring (bicyclic) bond motifs is 6. The molecule has 3 aliphatic carbocycles. The molecule has 0 amide bonds. The first-order valence-corrected chi connectivity index (χ1v) is 12.8. The Morgan fingerprint density at radius 3 is 2.18 bits per heavy atom. The quantitative estimate of drug-likeness (QED) is 0.351. The van der Waals surface area contributed by atoms with Crippen LogP contribution in [0.1, 0.15) is 97.4 Å². The van der Waals surface area contributed by atoms with Crippen molar-refractivity contribution in [2.75, 3.05) is 0 Å². The predicted octanol–water partition coefficient (Wildman–Crippen LogP) is 8.91. The molecule has 6 rings (SSSR count). The first-order valence-electron chi connectivity index (χ1n) is 12.8. The van der Waals surface area contributed by atoms with E-state index in [-0.39, 0.29) is 10.8 Å². The third-order valence-electron chi connectivity index (χ3n) is 8.62. The molecule has 0 fully saturated rings. The zero-order valence-electron chi connectivity index (χ0n) is 21.7. The Labute approximate surface area is 205 Å². The van der Waals surface area contributed by atoms with Crippen LogP contribution in [-0.4, -0.2) is 0 Å². The van der Waals surface area contributed by atoms with E-state index >= 15 is 0 Å². The van der Waals surface area contributed by atoms with Gasteiger partial charge in [-0.3, -0.25) is 0 Å². The maximum atomic E-state index is 2.55. The lowest BCUT2D eigenvalue weighted by Gasteiger charge is -2.32. The summed E-state index contributed by atoms with van der Waals surface area (Å²) in [7, 11) is 0. The Hall–Kier alpha value is -2.86. The van der Waals surface area contributed by atoms with Crippen LogP contribution in [0.3, 0.4) is 0 Å². The number of rotatable bonds is 1. The first kappa shape index (κ1) is 21.7. The Bertz CT molecular complexity index is 1380. The van der Waals surface area contributed by atoms with Crippen LogP contribution in [0.4, 0.5) is 0 Å². The summed E-state index contributed by atoms with van der Waals surface area (Å²) in [6.07, 6.45) is 3.66. The lowest BCUT2D eigenvalue weighted by atomic mass is 9.71. The molecule has 3 aromatic rings. The second-order valence-corrected chi connectivity index (χ2v) is 12.3. The van der Waals surface area contributed by atoms with Gasteiger partial charge in [0.25, 0.3) is 0 Å². The summed E-state index contributed by atoms with van der Waals surface area (Å²) >= 11 is 0. The van der Waals surface area contributed by atoms with Crippen LogP contribution in [0.15, 0.2) is 77.9 Å². The smallest absolute Gasteiger partial charge is 0.0352 e. The first-order chi connectivity index (χ1) is 16.1. The molecule has 0 spiro atoms. The highest BCUT2D eigenvalue weighted by molar-refractivity contribution is 5.93. The van der Waals surface area contributed by atoms with Crippen LogP contribution in [0.5, 0.6) is 0 Å².